The number of nitrogens with zero attached hydrogens (tertiary/aromatic N) is 3. The van der Waals surface area contributed by atoms with Gasteiger partial charge in [-0.15, -0.1) is 11.3 Å². The van der Waals surface area contributed by atoms with Gasteiger partial charge in [-0.1, -0.05) is 28.4 Å². The number of hydrogen-bond acceptors (Lipinski definition) is 6. The predicted octanol–water partition coefficient (Wildman–Crippen LogP) is 3.67. The first-order valence-electron chi connectivity index (χ1n) is 5.60. The molecular formula is C12H8Cl2N4OS. The molecule has 0 amide bonds. The van der Waals surface area contributed by atoms with E-state index in [1.165, 1.54) is 11.3 Å². The Kier molecular flexibility index (Phi) is 3.60. The molecule has 1 aromatic carbocycles. The van der Waals surface area contributed by atoms with E-state index in [-0.39, 0.29) is 0 Å². The topological polar surface area (TPSA) is 77.8 Å². The monoisotopic (exact) mass is 326 g/mol. The number of rotatable bonds is 3. The van der Waals surface area contributed by atoms with Crippen LogP contribution < -0.4 is 5.73 Å². The highest BCUT2D eigenvalue weighted by Gasteiger charge is 2.12. The van der Waals surface area contributed by atoms with E-state index in [9.17, 15) is 0 Å². The van der Waals surface area contributed by atoms with Crippen molar-refractivity contribution in [2.75, 3.05) is 5.73 Å². The summed E-state index contributed by atoms with van der Waals surface area (Å²) in [7, 11) is 0. The van der Waals surface area contributed by atoms with Crippen LogP contribution in [0.1, 0.15) is 11.6 Å². The number of hydrogen-bond donors (Lipinski definition) is 1. The average molecular weight is 327 g/mol. The summed E-state index contributed by atoms with van der Waals surface area (Å²) in [6, 6.07) is 5.17. The van der Waals surface area contributed by atoms with Gasteiger partial charge in [-0.25, -0.2) is 4.98 Å². The van der Waals surface area contributed by atoms with Crippen LogP contribution in [0.15, 0.2) is 28.1 Å². The lowest BCUT2D eigenvalue weighted by molar-refractivity contribution is 0.385. The molecule has 0 atom stereocenters. The van der Waals surface area contributed by atoms with Crippen molar-refractivity contribution >= 4 is 39.7 Å². The minimum Gasteiger partial charge on any atom is -0.375 e. The van der Waals surface area contributed by atoms with Gasteiger partial charge in [0.25, 0.3) is 0 Å². The van der Waals surface area contributed by atoms with E-state index in [4.69, 9.17) is 33.5 Å². The largest absolute Gasteiger partial charge is 0.375 e. The van der Waals surface area contributed by atoms with Gasteiger partial charge in [0.1, 0.15) is 0 Å². The highest BCUT2D eigenvalue weighted by atomic mass is 35.5. The molecule has 3 aromatic rings. The zero-order valence-corrected chi connectivity index (χ0v) is 12.3. The van der Waals surface area contributed by atoms with Crippen LogP contribution in [0.5, 0.6) is 0 Å². The highest BCUT2D eigenvalue weighted by Crippen LogP contribution is 2.27. The van der Waals surface area contributed by atoms with Crippen molar-refractivity contribution in [2.45, 2.75) is 6.42 Å². The summed E-state index contributed by atoms with van der Waals surface area (Å²) < 4.78 is 5.19. The summed E-state index contributed by atoms with van der Waals surface area (Å²) in [4.78, 5) is 8.44. The Hall–Kier alpha value is -1.63. The quantitative estimate of drug-likeness (QED) is 0.794. The summed E-state index contributed by atoms with van der Waals surface area (Å²) in [5.74, 6) is 0.929. The van der Waals surface area contributed by atoms with E-state index in [0.717, 1.165) is 11.3 Å². The zero-order chi connectivity index (χ0) is 14.1. The molecule has 8 heteroatoms. The molecule has 0 fully saturated rings. The van der Waals surface area contributed by atoms with E-state index in [1.807, 2.05) is 5.38 Å². The molecule has 0 saturated carbocycles. The molecule has 0 bridgehead atoms. The fourth-order valence-corrected chi connectivity index (χ4v) is 2.50. The van der Waals surface area contributed by atoms with Crippen LogP contribution in [0, 0.1) is 0 Å². The third-order valence-corrected chi connectivity index (χ3v) is 4.01. The smallest absolute Gasteiger partial charge is 0.233 e. The first kappa shape index (κ1) is 13.4. The van der Waals surface area contributed by atoms with Gasteiger partial charge in [-0.05, 0) is 18.2 Å². The Morgan fingerprint density at radius 3 is 2.75 bits per heavy atom. The highest BCUT2D eigenvalue weighted by molar-refractivity contribution is 7.13. The van der Waals surface area contributed by atoms with Gasteiger partial charge in [0.2, 0.25) is 11.7 Å². The lowest BCUT2D eigenvalue weighted by atomic mass is 10.2. The first-order valence-corrected chi connectivity index (χ1v) is 7.23. The van der Waals surface area contributed by atoms with E-state index in [2.05, 4.69) is 15.1 Å². The second-order valence-electron chi connectivity index (χ2n) is 3.99. The van der Waals surface area contributed by atoms with Crippen molar-refractivity contribution in [1.82, 2.24) is 15.1 Å². The number of thiazole rings is 1. The molecule has 2 aromatic heterocycles. The summed E-state index contributed by atoms with van der Waals surface area (Å²) in [5, 5.41) is 7.22. The molecule has 0 aliphatic heterocycles. The first-order chi connectivity index (χ1) is 9.61. The van der Waals surface area contributed by atoms with Crippen molar-refractivity contribution in [1.29, 1.82) is 0 Å². The molecule has 102 valence electrons. The van der Waals surface area contributed by atoms with Gasteiger partial charge in [-0.2, -0.15) is 4.98 Å². The molecule has 0 saturated heterocycles. The SMILES string of the molecule is Nc1nc(Cc2nc(-c3ccc(Cl)c(Cl)c3)no2)cs1. The molecular weight excluding hydrogens is 319 g/mol. The van der Waals surface area contributed by atoms with Crippen LogP contribution in [0.25, 0.3) is 11.4 Å². The minimum absolute atomic E-state index is 0.446. The number of nitrogens with two attached hydrogens (primary N) is 1. The second kappa shape index (κ2) is 5.40. The molecule has 5 nitrogen and oxygen atoms in total. The second-order valence-corrected chi connectivity index (χ2v) is 5.70. The molecule has 20 heavy (non-hydrogen) atoms. The summed E-state index contributed by atoms with van der Waals surface area (Å²) in [6.45, 7) is 0. The van der Waals surface area contributed by atoms with E-state index >= 15 is 0 Å². The number of anilines is 1. The average Bonchev–Trinajstić information content (AvgIpc) is 3.03. The third-order valence-electron chi connectivity index (χ3n) is 2.55. The molecule has 0 aliphatic rings. The van der Waals surface area contributed by atoms with E-state index in [0.29, 0.717) is 33.3 Å². The molecule has 0 aliphatic carbocycles. The third kappa shape index (κ3) is 2.77. The van der Waals surface area contributed by atoms with Crippen LogP contribution in [-0.4, -0.2) is 15.1 Å². The van der Waals surface area contributed by atoms with Crippen molar-refractivity contribution < 1.29 is 4.52 Å². The molecule has 0 radical (unpaired) electrons. The van der Waals surface area contributed by atoms with Crippen molar-refractivity contribution in [3.63, 3.8) is 0 Å². The Balaban J connectivity index is 1.84. The van der Waals surface area contributed by atoms with Crippen LogP contribution in [-0.2, 0) is 6.42 Å². The standard InChI is InChI=1S/C12H8Cl2N4OS/c13-8-2-1-6(3-9(8)14)11-17-10(19-18-11)4-7-5-20-12(15)16-7/h1-3,5H,4H2,(H2,15,16). The van der Waals surface area contributed by atoms with E-state index in [1.54, 1.807) is 18.2 Å². The van der Waals surface area contributed by atoms with Gasteiger partial charge in [0.15, 0.2) is 5.13 Å². The van der Waals surface area contributed by atoms with Gasteiger partial charge >= 0.3 is 0 Å². The normalized spacial score (nSPS) is 10.9. The summed E-state index contributed by atoms with van der Waals surface area (Å²) >= 11 is 13.2. The Labute approximate surface area is 128 Å². The van der Waals surface area contributed by atoms with Crippen molar-refractivity contribution in [3.05, 3.63) is 45.2 Å². The van der Waals surface area contributed by atoms with Gasteiger partial charge in [0.05, 0.1) is 22.2 Å². The van der Waals surface area contributed by atoms with Crippen LogP contribution in [0.3, 0.4) is 0 Å². The fraction of sp³-hybridized carbons (Fsp3) is 0.0833. The summed E-state index contributed by atoms with van der Waals surface area (Å²) in [5.41, 5.74) is 7.12. The van der Waals surface area contributed by atoms with Gasteiger partial charge in [0, 0.05) is 10.9 Å². The molecule has 0 spiro atoms. The van der Waals surface area contributed by atoms with Crippen LogP contribution in [0.2, 0.25) is 10.0 Å². The summed E-state index contributed by atoms with van der Waals surface area (Å²) in [6.07, 6.45) is 0.446. The number of nitrogen functional groups attached to an aromatic ring is 1. The van der Waals surface area contributed by atoms with E-state index < -0.39 is 0 Å². The maximum atomic E-state index is 5.96. The lowest BCUT2D eigenvalue weighted by Gasteiger charge is -1.97. The molecule has 3 rings (SSSR count). The van der Waals surface area contributed by atoms with Crippen molar-refractivity contribution in [2.24, 2.45) is 0 Å². The van der Waals surface area contributed by atoms with Crippen molar-refractivity contribution in [3.8, 4) is 11.4 Å². The number of aromatic nitrogens is 3. The molecule has 2 N–H and O–H groups in total. The molecule has 2 heterocycles. The fourth-order valence-electron chi connectivity index (χ4n) is 1.64. The molecule has 0 unspecified atom stereocenters. The predicted molar refractivity (Wildman–Crippen MR) is 79.1 cm³/mol. The van der Waals surface area contributed by atoms with Gasteiger partial charge in [-0.3, -0.25) is 0 Å². The minimum atomic E-state index is 0.446. The number of halogens is 2. The Morgan fingerprint density at radius 2 is 2.05 bits per heavy atom. The maximum Gasteiger partial charge on any atom is 0.233 e. The Morgan fingerprint density at radius 1 is 1.20 bits per heavy atom. The van der Waals surface area contributed by atoms with Crippen LogP contribution >= 0.6 is 34.5 Å². The Bertz CT molecular complexity index is 756. The van der Waals surface area contributed by atoms with Crippen LogP contribution in [0.4, 0.5) is 5.13 Å². The zero-order valence-electron chi connectivity index (χ0n) is 10.0. The lowest BCUT2D eigenvalue weighted by Crippen LogP contribution is -1.90. The van der Waals surface area contributed by atoms with Gasteiger partial charge < -0.3 is 10.3 Å². The maximum absolute atomic E-state index is 5.96. The number of benzene rings is 1.